The number of anilines is 1. The van der Waals surface area contributed by atoms with Gasteiger partial charge in [-0.25, -0.2) is 0 Å². The molecule has 0 bridgehead atoms. The van der Waals surface area contributed by atoms with Crippen molar-refractivity contribution in [3.05, 3.63) is 41.1 Å². The molecule has 3 rings (SSSR count). The Hall–Kier alpha value is -1.65. The normalized spacial score (nSPS) is 22.3. The SMILES string of the molecule is CCC(=N)C1=C([NH2+]C2CCCC2)C(O)N(c2ccccc2C)CC1. The quantitative estimate of drug-likeness (QED) is 0.728. The molecule has 1 unspecified atom stereocenters. The third kappa shape index (κ3) is 3.40. The van der Waals surface area contributed by atoms with Gasteiger partial charge in [0.05, 0.1) is 6.04 Å². The van der Waals surface area contributed by atoms with Gasteiger partial charge in [0.25, 0.3) is 0 Å². The van der Waals surface area contributed by atoms with Crippen LogP contribution < -0.4 is 10.2 Å². The van der Waals surface area contributed by atoms with Crippen molar-refractivity contribution in [2.24, 2.45) is 0 Å². The average molecular weight is 328 g/mol. The molecule has 1 aliphatic heterocycles. The van der Waals surface area contributed by atoms with Gasteiger partial charge in [-0.1, -0.05) is 25.1 Å². The van der Waals surface area contributed by atoms with Crippen molar-refractivity contribution in [2.75, 3.05) is 11.4 Å². The van der Waals surface area contributed by atoms with E-state index in [1.807, 2.05) is 19.1 Å². The minimum atomic E-state index is -0.637. The molecule has 1 aromatic carbocycles. The number of nitrogens with two attached hydrogens (primary N) is 1. The highest BCUT2D eigenvalue weighted by molar-refractivity contribution is 5.98. The smallest absolute Gasteiger partial charge is 0.204 e. The molecule has 1 aromatic rings. The minimum absolute atomic E-state index is 0.561. The molecule has 1 heterocycles. The van der Waals surface area contributed by atoms with Gasteiger partial charge < -0.3 is 20.7 Å². The lowest BCUT2D eigenvalue weighted by molar-refractivity contribution is -0.649. The molecule has 0 radical (unpaired) electrons. The maximum Gasteiger partial charge on any atom is 0.204 e. The van der Waals surface area contributed by atoms with Gasteiger partial charge >= 0.3 is 0 Å². The van der Waals surface area contributed by atoms with E-state index in [9.17, 15) is 5.11 Å². The summed E-state index contributed by atoms with van der Waals surface area (Å²) in [5.41, 5.74) is 5.03. The number of hydrogen-bond donors (Lipinski definition) is 3. The van der Waals surface area contributed by atoms with Crippen molar-refractivity contribution >= 4 is 11.4 Å². The van der Waals surface area contributed by atoms with Crippen LogP contribution in [0.25, 0.3) is 0 Å². The molecule has 1 atom stereocenters. The first kappa shape index (κ1) is 17.2. The zero-order valence-electron chi connectivity index (χ0n) is 14.9. The number of benzene rings is 1. The predicted octanol–water partition coefficient (Wildman–Crippen LogP) is 2.71. The summed E-state index contributed by atoms with van der Waals surface area (Å²) in [5, 5.41) is 21.7. The summed E-state index contributed by atoms with van der Waals surface area (Å²) >= 11 is 0. The van der Waals surface area contributed by atoms with Crippen LogP contribution in [-0.4, -0.2) is 29.6 Å². The highest BCUT2D eigenvalue weighted by Gasteiger charge is 2.35. The summed E-state index contributed by atoms with van der Waals surface area (Å²) in [4.78, 5) is 2.10. The van der Waals surface area contributed by atoms with E-state index in [-0.39, 0.29) is 0 Å². The number of aryl methyl sites for hydroxylation is 1. The molecule has 4 N–H and O–H groups in total. The van der Waals surface area contributed by atoms with Crippen LogP contribution in [0.5, 0.6) is 0 Å². The maximum atomic E-state index is 11.1. The number of aliphatic hydroxyl groups is 1. The van der Waals surface area contributed by atoms with Crippen LogP contribution in [0.4, 0.5) is 5.69 Å². The molecular weight excluding hydrogens is 298 g/mol. The highest BCUT2D eigenvalue weighted by Crippen LogP contribution is 2.29. The fourth-order valence-electron chi connectivity index (χ4n) is 4.06. The monoisotopic (exact) mass is 328 g/mol. The Balaban J connectivity index is 1.92. The van der Waals surface area contributed by atoms with Crippen LogP contribution in [0, 0.1) is 12.3 Å². The van der Waals surface area contributed by atoms with Crippen LogP contribution in [0.3, 0.4) is 0 Å². The van der Waals surface area contributed by atoms with E-state index in [1.54, 1.807) is 0 Å². The Bertz CT molecular complexity index is 632. The zero-order chi connectivity index (χ0) is 17.1. The van der Waals surface area contributed by atoms with E-state index in [4.69, 9.17) is 5.41 Å². The number of para-hydroxylation sites is 1. The minimum Gasteiger partial charge on any atom is -0.365 e. The average Bonchev–Trinajstić information content (AvgIpc) is 3.10. The molecular formula is C20H30N3O+. The lowest BCUT2D eigenvalue weighted by Gasteiger charge is -2.37. The van der Waals surface area contributed by atoms with Crippen molar-refractivity contribution < 1.29 is 10.4 Å². The number of rotatable bonds is 5. The van der Waals surface area contributed by atoms with Crippen molar-refractivity contribution in [1.29, 1.82) is 5.41 Å². The van der Waals surface area contributed by atoms with Crippen LogP contribution in [0.1, 0.15) is 51.0 Å². The van der Waals surface area contributed by atoms with E-state index in [1.165, 1.54) is 31.2 Å². The van der Waals surface area contributed by atoms with E-state index >= 15 is 0 Å². The van der Waals surface area contributed by atoms with Gasteiger partial charge in [0.2, 0.25) is 6.23 Å². The largest absolute Gasteiger partial charge is 0.365 e. The van der Waals surface area contributed by atoms with Crippen molar-refractivity contribution in [1.82, 2.24) is 0 Å². The topological polar surface area (TPSA) is 63.9 Å². The maximum absolute atomic E-state index is 11.1. The second-order valence-corrected chi connectivity index (χ2v) is 7.08. The van der Waals surface area contributed by atoms with Crippen molar-refractivity contribution in [3.8, 4) is 0 Å². The Morgan fingerprint density at radius 2 is 2.00 bits per heavy atom. The Morgan fingerprint density at radius 3 is 2.67 bits per heavy atom. The fraction of sp³-hybridized carbons (Fsp3) is 0.550. The van der Waals surface area contributed by atoms with Gasteiger partial charge in [0, 0.05) is 23.5 Å². The van der Waals surface area contributed by atoms with Gasteiger partial charge in [-0.3, -0.25) is 0 Å². The van der Waals surface area contributed by atoms with Gasteiger partial charge in [-0.15, -0.1) is 0 Å². The number of nitrogens with zero attached hydrogens (tertiary/aromatic N) is 1. The number of aliphatic hydroxyl groups excluding tert-OH is 1. The van der Waals surface area contributed by atoms with Crippen LogP contribution in [-0.2, 0) is 0 Å². The molecule has 4 nitrogen and oxygen atoms in total. The Morgan fingerprint density at radius 1 is 1.29 bits per heavy atom. The van der Waals surface area contributed by atoms with E-state index in [0.29, 0.717) is 11.8 Å². The number of hydrogen-bond acceptors (Lipinski definition) is 3. The molecule has 0 spiro atoms. The lowest BCUT2D eigenvalue weighted by Crippen LogP contribution is -2.90. The molecule has 0 saturated heterocycles. The Kier molecular flexibility index (Phi) is 5.36. The standard InChI is InChI=1S/C20H29N3O/c1-3-17(21)16-12-13-23(18-11-7-4-8-14(18)2)20(24)19(16)22-15-9-5-6-10-15/h4,7-8,11,15,20-22,24H,3,5-6,9-10,12-13H2,1-2H3/p+1. The third-order valence-corrected chi connectivity index (χ3v) is 5.48. The molecule has 1 saturated carbocycles. The molecule has 1 fully saturated rings. The zero-order valence-corrected chi connectivity index (χ0v) is 14.9. The third-order valence-electron chi connectivity index (χ3n) is 5.48. The van der Waals surface area contributed by atoms with E-state index < -0.39 is 6.23 Å². The van der Waals surface area contributed by atoms with Crippen LogP contribution in [0.15, 0.2) is 35.5 Å². The van der Waals surface area contributed by atoms with Gasteiger partial charge in [0.1, 0.15) is 0 Å². The van der Waals surface area contributed by atoms with E-state index in [0.717, 1.165) is 36.3 Å². The number of quaternary nitrogens is 1. The molecule has 130 valence electrons. The van der Waals surface area contributed by atoms with Gasteiger partial charge in [-0.05, 0) is 57.1 Å². The first-order chi connectivity index (χ1) is 11.6. The summed E-state index contributed by atoms with van der Waals surface area (Å²) in [5.74, 6) is 0. The summed E-state index contributed by atoms with van der Waals surface area (Å²) in [6, 6.07) is 8.81. The second kappa shape index (κ2) is 7.49. The summed E-state index contributed by atoms with van der Waals surface area (Å²) in [6.45, 7) is 4.89. The molecule has 0 amide bonds. The Labute approximate surface area is 145 Å². The summed E-state index contributed by atoms with van der Waals surface area (Å²) < 4.78 is 0. The molecule has 4 heteroatoms. The predicted molar refractivity (Wildman–Crippen MR) is 98.4 cm³/mol. The summed E-state index contributed by atoms with van der Waals surface area (Å²) in [6.07, 6.45) is 5.94. The fourth-order valence-corrected chi connectivity index (χ4v) is 4.06. The first-order valence-electron chi connectivity index (χ1n) is 9.27. The molecule has 1 aliphatic carbocycles. The highest BCUT2D eigenvalue weighted by atomic mass is 16.3. The van der Waals surface area contributed by atoms with Crippen LogP contribution in [0.2, 0.25) is 0 Å². The molecule has 0 aromatic heterocycles. The van der Waals surface area contributed by atoms with Crippen molar-refractivity contribution in [2.45, 2.75) is 64.6 Å². The summed E-state index contributed by atoms with van der Waals surface area (Å²) in [7, 11) is 0. The van der Waals surface area contributed by atoms with Gasteiger partial charge in [-0.2, -0.15) is 0 Å². The van der Waals surface area contributed by atoms with Gasteiger partial charge in [0.15, 0.2) is 5.70 Å². The van der Waals surface area contributed by atoms with Crippen LogP contribution >= 0.6 is 0 Å². The number of nitrogens with one attached hydrogen (secondary N) is 1. The molecule has 2 aliphatic rings. The molecule has 24 heavy (non-hydrogen) atoms. The van der Waals surface area contributed by atoms with Crippen molar-refractivity contribution in [3.63, 3.8) is 0 Å². The second-order valence-electron chi connectivity index (χ2n) is 7.08. The van der Waals surface area contributed by atoms with E-state index in [2.05, 4.69) is 29.3 Å². The first-order valence-corrected chi connectivity index (χ1v) is 9.27. The lowest BCUT2D eigenvalue weighted by atomic mass is 9.95.